The highest BCUT2D eigenvalue weighted by molar-refractivity contribution is 7.86. The summed E-state index contributed by atoms with van der Waals surface area (Å²) in [5.74, 6) is -0.535. The minimum absolute atomic E-state index is 0.0750. The molecule has 0 amide bonds. The van der Waals surface area contributed by atoms with E-state index >= 15 is 0 Å². The third-order valence-electron chi connectivity index (χ3n) is 7.75. The Labute approximate surface area is 295 Å². The summed E-state index contributed by atoms with van der Waals surface area (Å²) in [5, 5.41) is 27.5. The Morgan fingerprint density at radius 1 is 0.481 bits per heavy atom. The molecular weight excluding hydrogens is 739 g/mol. The third kappa shape index (κ3) is 7.10. The number of rotatable bonds is 8. The average molecular weight is 764 g/mol. The average Bonchev–Trinajstić information content (AvgIpc) is 3.06. The molecule has 0 saturated carbocycles. The van der Waals surface area contributed by atoms with Gasteiger partial charge in [0.2, 0.25) is 0 Å². The second-order valence-electron chi connectivity index (χ2n) is 11.2. The van der Waals surface area contributed by atoms with Crippen molar-refractivity contribution in [2.24, 2.45) is 20.5 Å². The first-order valence-electron chi connectivity index (χ1n) is 14.5. The van der Waals surface area contributed by atoms with E-state index in [2.05, 4.69) is 20.5 Å². The molecule has 0 spiro atoms. The molecule has 0 radical (unpaired) electrons. The highest BCUT2D eigenvalue weighted by atomic mass is 32.2. The molecule has 266 valence electrons. The lowest BCUT2D eigenvalue weighted by molar-refractivity contribution is 0.472. The van der Waals surface area contributed by atoms with E-state index in [9.17, 15) is 44.0 Å². The van der Waals surface area contributed by atoms with Crippen LogP contribution in [0.25, 0.3) is 32.7 Å². The third-order valence-corrected chi connectivity index (χ3v) is 10.4. The van der Waals surface area contributed by atoms with Crippen LogP contribution in [0.1, 0.15) is 0 Å². The summed E-state index contributed by atoms with van der Waals surface area (Å²) in [4.78, 5) is -2.10. The highest BCUT2D eigenvalue weighted by Gasteiger charge is 2.24. The lowest BCUT2D eigenvalue weighted by Crippen LogP contribution is -2.06. The molecule has 52 heavy (non-hydrogen) atoms. The summed E-state index contributed by atoms with van der Waals surface area (Å²) in [6, 6.07) is 21.6. The van der Waals surface area contributed by atoms with Crippen molar-refractivity contribution in [1.82, 2.24) is 0 Å². The number of anilines is 3. The van der Waals surface area contributed by atoms with Crippen molar-refractivity contribution in [3.05, 3.63) is 91.0 Å². The van der Waals surface area contributed by atoms with Crippen LogP contribution in [0.3, 0.4) is 0 Å². The SMILES string of the molecule is Nc1ccc2cc(S(=O)(=O)O)c(N=Nc3ccc(-c4ccc(N=Nc5c(N)c(S(=O)(=O)O)cc6cc(S(=O)(=O)O)c(N)cc56)cc4)cc3)c(O)c2c1. The fourth-order valence-electron chi connectivity index (χ4n) is 5.27. The predicted molar refractivity (Wildman–Crippen MR) is 192 cm³/mol. The lowest BCUT2D eigenvalue weighted by atomic mass is 10.1. The van der Waals surface area contributed by atoms with Crippen LogP contribution in [0.2, 0.25) is 0 Å². The van der Waals surface area contributed by atoms with E-state index in [0.717, 1.165) is 24.3 Å². The first-order chi connectivity index (χ1) is 24.3. The van der Waals surface area contributed by atoms with Gasteiger partial charge in [0, 0.05) is 16.5 Å². The van der Waals surface area contributed by atoms with Crippen molar-refractivity contribution in [2.75, 3.05) is 17.2 Å². The van der Waals surface area contributed by atoms with Crippen LogP contribution in [0.4, 0.5) is 39.8 Å². The van der Waals surface area contributed by atoms with E-state index in [1.165, 1.54) is 18.2 Å². The summed E-state index contributed by atoms with van der Waals surface area (Å²) in [7, 11) is -14.5. The zero-order valence-corrected chi connectivity index (χ0v) is 28.6. The number of phenolic OH excluding ortho intramolecular Hbond substituents is 1. The fourth-order valence-corrected chi connectivity index (χ4v) is 7.21. The number of hydrogen-bond donors (Lipinski definition) is 7. The molecule has 6 aromatic carbocycles. The van der Waals surface area contributed by atoms with Gasteiger partial charge in [-0.25, -0.2) is 0 Å². The van der Waals surface area contributed by atoms with E-state index in [0.29, 0.717) is 22.2 Å². The first kappa shape index (κ1) is 35.8. The number of nitrogens with two attached hydrogens (primary N) is 3. The number of azo groups is 2. The van der Waals surface area contributed by atoms with Gasteiger partial charge < -0.3 is 22.3 Å². The molecule has 0 atom stereocenters. The maximum absolute atomic E-state index is 12.1. The van der Waals surface area contributed by atoms with Gasteiger partial charge in [-0.3, -0.25) is 13.7 Å². The summed E-state index contributed by atoms with van der Waals surface area (Å²) in [5.41, 5.74) is 18.4. The van der Waals surface area contributed by atoms with Gasteiger partial charge >= 0.3 is 0 Å². The lowest BCUT2D eigenvalue weighted by Gasteiger charge is -2.12. The summed E-state index contributed by atoms with van der Waals surface area (Å²) < 4.78 is 101. The molecule has 0 fully saturated rings. The summed E-state index contributed by atoms with van der Waals surface area (Å²) in [6.07, 6.45) is 0. The number of nitrogen functional groups attached to an aromatic ring is 3. The van der Waals surface area contributed by atoms with Crippen molar-refractivity contribution >= 4 is 91.7 Å². The first-order valence-corrected chi connectivity index (χ1v) is 18.8. The topological polar surface area (TPSA) is 311 Å². The molecule has 0 aromatic heterocycles. The van der Waals surface area contributed by atoms with Gasteiger partial charge in [0.05, 0.1) is 22.7 Å². The molecule has 6 rings (SSSR count). The normalized spacial score (nSPS) is 12.8. The summed E-state index contributed by atoms with van der Waals surface area (Å²) in [6.45, 7) is 0. The van der Waals surface area contributed by atoms with E-state index in [1.807, 2.05) is 0 Å². The molecule has 6 aromatic rings. The number of benzene rings is 6. The molecule has 17 nitrogen and oxygen atoms in total. The minimum atomic E-state index is -4.90. The van der Waals surface area contributed by atoms with Gasteiger partial charge in [-0.2, -0.15) is 35.5 Å². The molecular formula is C32H25N7O10S3. The number of phenols is 1. The fraction of sp³-hybridized carbons (Fsp3) is 0. The zero-order valence-electron chi connectivity index (χ0n) is 26.1. The van der Waals surface area contributed by atoms with Crippen LogP contribution in [0.15, 0.2) is 126 Å². The quantitative estimate of drug-likeness (QED) is 0.0483. The molecule has 0 aliphatic heterocycles. The molecule has 10 N–H and O–H groups in total. The van der Waals surface area contributed by atoms with Gasteiger partial charge in [-0.1, -0.05) is 30.3 Å². The monoisotopic (exact) mass is 763 g/mol. The Balaban J connectivity index is 1.28. The van der Waals surface area contributed by atoms with Crippen molar-refractivity contribution in [3.63, 3.8) is 0 Å². The molecule has 0 unspecified atom stereocenters. The van der Waals surface area contributed by atoms with Crippen molar-refractivity contribution in [3.8, 4) is 16.9 Å². The van der Waals surface area contributed by atoms with E-state index in [-0.39, 0.29) is 38.9 Å². The van der Waals surface area contributed by atoms with Crippen molar-refractivity contribution in [1.29, 1.82) is 0 Å². The number of aromatic hydroxyl groups is 1. The maximum atomic E-state index is 12.1. The van der Waals surface area contributed by atoms with Crippen LogP contribution in [0, 0.1) is 0 Å². The van der Waals surface area contributed by atoms with Gasteiger partial charge in [-0.15, -0.1) is 10.2 Å². The second-order valence-corrected chi connectivity index (χ2v) is 15.4. The second kappa shape index (κ2) is 12.9. The van der Waals surface area contributed by atoms with Gasteiger partial charge in [0.25, 0.3) is 30.4 Å². The Morgan fingerprint density at radius 2 is 0.962 bits per heavy atom. The van der Waals surface area contributed by atoms with Crippen LogP contribution < -0.4 is 17.2 Å². The predicted octanol–water partition coefficient (Wildman–Crippen LogP) is 6.68. The summed E-state index contributed by atoms with van der Waals surface area (Å²) >= 11 is 0. The van der Waals surface area contributed by atoms with Gasteiger partial charge in [0.15, 0.2) is 5.75 Å². The van der Waals surface area contributed by atoms with Crippen LogP contribution in [-0.2, 0) is 30.4 Å². The number of nitrogens with zero attached hydrogens (tertiary/aromatic N) is 4. The van der Waals surface area contributed by atoms with E-state index < -0.39 is 62.2 Å². The molecule has 20 heteroatoms. The Morgan fingerprint density at radius 3 is 1.48 bits per heavy atom. The maximum Gasteiger partial charge on any atom is 0.296 e. The minimum Gasteiger partial charge on any atom is -0.505 e. The largest absolute Gasteiger partial charge is 0.505 e. The molecule has 0 saturated heterocycles. The van der Waals surface area contributed by atoms with Crippen LogP contribution >= 0.6 is 0 Å². The Hall–Kier alpha value is -6.03. The van der Waals surface area contributed by atoms with Crippen molar-refractivity contribution < 1.29 is 44.0 Å². The highest BCUT2D eigenvalue weighted by Crippen LogP contribution is 2.43. The van der Waals surface area contributed by atoms with Crippen molar-refractivity contribution in [2.45, 2.75) is 14.7 Å². The zero-order chi connectivity index (χ0) is 37.7. The standard InChI is InChI=1S/C32H25N7O10S3/c33-20-6-1-18-11-28(52(47,48)49)31(32(40)24(18)14-20)39-37-22-9-4-17(5-10-22)16-2-7-21(8-3-16)36-38-30-23-15-25(34)26(50(41,42)43)12-19(23)13-27(29(30)35)51(44,45)46/h1-15,40H,33-35H2,(H,41,42,43)(H,44,45,46)(H,47,48,49). The van der Waals surface area contributed by atoms with Gasteiger partial charge in [-0.05, 0) is 82.6 Å². The van der Waals surface area contributed by atoms with Crippen LogP contribution in [-0.4, -0.2) is 44.0 Å². The molecule has 0 aliphatic rings. The van der Waals surface area contributed by atoms with Crippen LogP contribution in [0.5, 0.6) is 5.75 Å². The van der Waals surface area contributed by atoms with Gasteiger partial charge in [0.1, 0.15) is 26.1 Å². The molecule has 0 bridgehead atoms. The number of fused-ring (bicyclic) bond motifs is 2. The molecule has 0 aliphatic carbocycles. The smallest absolute Gasteiger partial charge is 0.296 e. The van der Waals surface area contributed by atoms with E-state index in [4.69, 9.17) is 17.2 Å². The molecule has 0 heterocycles. The Kier molecular flexibility index (Phi) is 8.90. The Bertz CT molecular complexity index is 2840. The number of hydrogen-bond acceptors (Lipinski definition) is 14. The van der Waals surface area contributed by atoms with E-state index in [1.54, 1.807) is 48.5 Å².